The summed E-state index contributed by atoms with van der Waals surface area (Å²) in [5.41, 5.74) is 0.264. The molecule has 0 aliphatic carbocycles. The van der Waals surface area contributed by atoms with E-state index in [1.165, 1.54) is 22.7 Å². The highest BCUT2D eigenvalue weighted by molar-refractivity contribution is 5.67. The van der Waals surface area contributed by atoms with Crippen molar-refractivity contribution in [3.05, 3.63) is 35.4 Å². The molecule has 3 aromatic rings. The molecule has 1 saturated heterocycles. The minimum atomic E-state index is -4.84. The van der Waals surface area contributed by atoms with Crippen LogP contribution in [-0.2, 0) is 20.8 Å². The number of hydrogen-bond donors (Lipinski definition) is 3. The Morgan fingerprint density at radius 1 is 1.39 bits per heavy atom. The first-order valence-corrected chi connectivity index (χ1v) is 10.6. The molecule has 1 fully saturated rings. The molecular formula is C20H20F4N8O4. The molecule has 0 unspecified atom stereocenters. The Kier molecular flexibility index (Phi) is 6.95. The van der Waals surface area contributed by atoms with Crippen LogP contribution in [-0.4, -0.2) is 61.9 Å². The normalized spacial score (nSPS) is 20.0. The molecule has 192 valence electrons. The van der Waals surface area contributed by atoms with E-state index in [9.17, 15) is 27.6 Å². The maximum Gasteiger partial charge on any atom is 0.522 e. The monoisotopic (exact) mass is 512 g/mol. The maximum atomic E-state index is 14.9. The molecule has 36 heavy (non-hydrogen) atoms. The molecule has 4 rings (SSSR count). The van der Waals surface area contributed by atoms with Crippen molar-refractivity contribution in [3.8, 4) is 6.07 Å². The van der Waals surface area contributed by atoms with E-state index >= 15 is 0 Å². The number of fused-ring (bicyclic) bond motifs is 1. The van der Waals surface area contributed by atoms with E-state index in [1.54, 1.807) is 13.8 Å². The smallest absolute Gasteiger partial charge is 0.441 e. The molecule has 0 bridgehead atoms. The number of anilines is 2. The third-order valence-electron chi connectivity index (χ3n) is 4.90. The molecule has 1 aliphatic heterocycles. The van der Waals surface area contributed by atoms with E-state index in [-0.39, 0.29) is 47.1 Å². The van der Waals surface area contributed by atoms with Crippen molar-refractivity contribution in [2.75, 3.05) is 11.9 Å². The number of carbonyl (C=O) groups is 1. The van der Waals surface area contributed by atoms with Crippen LogP contribution in [0.5, 0.6) is 0 Å². The maximum absolute atomic E-state index is 14.9. The van der Waals surface area contributed by atoms with Gasteiger partial charge in [-0.3, -0.25) is 14.2 Å². The predicted octanol–water partition coefficient (Wildman–Crippen LogP) is 3.02. The molecule has 16 heteroatoms. The van der Waals surface area contributed by atoms with Crippen LogP contribution >= 0.6 is 0 Å². The van der Waals surface area contributed by atoms with E-state index in [0.29, 0.717) is 0 Å². The fraction of sp³-hybridized carbons (Fsp3) is 0.450. The number of carbonyl (C=O) groups excluding carboxylic acids is 1. The van der Waals surface area contributed by atoms with Crippen LogP contribution in [0.25, 0.3) is 5.65 Å². The number of nitriles is 1. The quantitative estimate of drug-likeness (QED) is 0.406. The largest absolute Gasteiger partial charge is 0.522 e. The Labute approximate surface area is 200 Å². The van der Waals surface area contributed by atoms with Gasteiger partial charge in [0, 0.05) is 24.4 Å². The third-order valence-corrected chi connectivity index (χ3v) is 4.90. The number of nitrogens with one attached hydrogen (secondary N) is 3. The number of aromatic nitrogens is 5. The zero-order valence-electron chi connectivity index (χ0n) is 18.8. The summed E-state index contributed by atoms with van der Waals surface area (Å²) in [4.78, 5) is 19.9. The van der Waals surface area contributed by atoms with Crippen LogP contribution in [0.15, 0.2) is 18.3 Å². The molecule has 0 radical (unpaired) electrons. The van der Waals surface area contributed by atoms with E-state index < -0.39 is 37.4 Å². The lowest BCUT2D eigenvalue weighted by molar-refractivity contribution is -0.330. The topological polar surface area (TPSA) is 151 Å². The molecule has 1 amide bonds. The number of rotatable bonds is 7. The average Bonchev–Trinajstić information content (AvgIpc) is 3.50. The Morgan fingerprint density at radius 2 is 2.17 bits per heavy atom. The van der Waals surface area contributed by atoms with Crippen molar-refractivity contribution >= 4 is 23.5 Å². The molecule has 3 atom stereocenters. The number of hydrogen-bond acceptors (Lipinski definition) is 9. The highest BCUT2D eigenvalue weighted by Crippen LogP contribution is 2.33. The van der Waals surface area contributed by atoms with Crippen LogP contribution in [0.3, 0.4) is 0 Å². The molecular weight excluding hydrogens is 492 g/mol. The SMILES string of the molecule is CC(C)NC(=O)O[C@H]1CO[C@@H](c2cc(Nc3nc(C#N)cc4nc(COC(F)(F)F)cn34)n[nH]2)[C@H]1F. The van der Waals surface area contributed by atoms with Crippen molar-refractivity contribution in [3.63, 3.8) is 0 Å². The Morgan fingerprint density at radius 3 is 2.86 bits per heavy atom. The fourth-order valence-electron chi connectivity index (χ4n) is 3.42. The van der Waals surface area contributed by atoms with Gasteiger partial charge in [0.2, 0.25) is 5.95 Å². The van der Waals surface area contributed by atoms with Gasteiger partial charge in [-0.15, -0.1) is 13.2 Å². The number of ether oxygens (including phenoxy) is 3. The van der Waals surface area contributed by atoms with Crippen molar-refractivity contribution in [1.29, 1.82) is 5.26 Å². The number of nitrogens with zero attached hydrogens (tertiary/aromatic N) is 5. The predicted molar refractivity (Wildman–Crippen MR) is 113 cm³/mol. The zero-order chi connectivity index (χ0) is 26.0. The van der Waals surface area contributed by atoms with Crippen molar-refractivity contribution in [2.45, 2.75) is 51.2 Å². The number of amides is 1. The van der Waals surface area contributed by atoms with Gasteiger partial charge in [0.15, 0.2) is 18.1 Å². The summed E-state index contributed by atoms with van der Waals surface area (Å²) in [7, 11) is 0. The molecule has 12 nitrogen and oxygen atoms in total. The Bertz CT molecular complexity index is 1280. The van der Waals surface area contributed by atoms with Crippen LogP contribution < -0.4 is 10.6 Å². The lowest BCUT2D eigenvalue weighted by atomic mass is 10.1. The first-order chi connectivity index (χ1) is 17.0. The van der Waals surface area contributed by atoms with Gasteiger partial charge < -0.3 is 20.1 Å². The number of imidazole rings is 1. The van der Waals surface area contributed by atoms with E-state index in [0.717, 1.165) is 0 Å². The molecule has 4 heterocycles. The second-order valence-electron chi connectivity index (χ2n) is 8.05. The van der Waals surface area contributed by atoms with Crippen LogP contribution in [0.1, 0.15) is 37.0 Å². The molecule has 1 aliphatic rings. The van der Waals surface area contributed by atoms with Crippen molar-refractivity contribution in [1.82, 2.24) is 29.9 Å². The first-order valence-electron chi connectivity index (χ1n) is 10.6. The lowest BCUT2D eigenvalue weighted by Gasteiger charge is -2.16. The molecule has 3 N–H and O–H groups in total. The second kappa shape index (κ2) is 9.95. The van der Waals surface area contributed by atoms with Crippen molar-refractivity contribution < 1.29 is 36.6 Å². The lowest BCUT2D eigenvalue weighted by Crippen LogP contribution is -2.36. The summed E-state index contributed by atoms with van der Waals surface area (Å²) in [5.74, 6) is 0.164. The van der Waals surface area contributed by atoms with Gasteiger partial charge >= 0.3 is 12.5 Å². The standard InChI is InChI=1S/C20H20F4N8O4/c1-9(2)26-19(33)36-13-8-34-17(16(13)21)12-4-14(31-30-12)29-18-28-10(5-25)3-15-27-11(6-32(15)18)7-35-20(22,23)24/h3-4,6,9,13,16-17H,7-8H2,1-2H3,(H,26,33)(H2,28,29,30,31)/t13-,16-,17-/m0/s1. The summed E-state index contributed by atoms with van der Waals surface area (Å²) < 4.78 is 67.6. The third kappa shape index (κ3) is 5.80. The first kappa shape index (κ1) is 25.1. The van der Waals surface area contributed by atoms with E-state index in [1.807, 2.05) is 6.07 Å². The van der Waals surface area contributed by atoms with Gasteiger partial charge in [0.05, 0.1) is 24.6 Å². The molecule has 3 aromatic heterocycles. The minimum Gasteiger partial charge on any atom is -0.441 e. The van der Waals surface area contributed by atoms with Gasteiger partial charge in [-0.2, -0.15) is 10.4 Å². The van der Waals surface area contributed by atoms with Gasteiger partial charge in [0.1, 0.15) is 23.5 Å². The van der Waals surface area contributed by atoms with Gasteiger partial charge in [-0.25, -0.2) is 19.2 Å². The van der Waals surface area contributed by atoms with E-state index in [2.05, 4.69) is 35.5 Å². The van der Waals surface area contributed by atoms with Crippen LogP contribution in [0.2, 0.25) is 0 Å². The van der Waals surface area contributed by atoms with Gasteiger partial charge in [0.25, 0.3) is 0 Å². The van der Waals surface area contributed by atoms with Gasteiger partial charge in [-0.1, -0.05) is 0 Å². The molecule has 0 saturated carbocycles. The highest BCUT2D eigenvalue weighted by Gasteiger charge is 2.42. The summed E-state index contributed by atoms with van der Waals surface area (Å²) >= 11 is 0. The minimum absolute atomic E-state index is 0.0172. The molecule has 0 spiro atoms. The number of aromatic amines is 1. The summed E-state index contributed by atoms with van der Waals surface area (Å²) in [6.45, 7) is 2.46. The molecule has 0 aromatic carbocycles. The van der Waals surface area contributed by atoms with Crippen LogP contribution in [0, 0.1) is 11.3 Å². The number of halogens is 4. The second-order valence-corrected chi connectivity index (χ2v) is 8.05. The summed E-state index contributed by atoms with van der Waals surface area (Å²) in [5, 5.41) is 21.2. The van der Waals surface area contributed by atoms with Gasteiger partial charge in [-0.05, 0) is 13.8 Å². The Balaban J connectivity index is 1.49. The average molecular weight is 512 g/mol. The number of alkyl carbamates (subject to hydrolysis) is 1. The summed E-state index contributed by atoms with van der Waals surface area (Å²) in [6, 6.07) is 4.36. The summed E-state index contributed by atoms with van der Waals surface area (Å²) in [6.07, 6.45) is -8.23. The fourth-order valence-corrected chi connectivity index (χ4v) is 3.42. The number of H-pyrrole nitrogens is 1. The van der Waals surface area contributed by atoms with E-state index in [4.69, 9.17) is 9.47 Å². The van der Waals surface area contributed by atoms with Crippen LogP contribution in [0.4, 0.5) is 34.1 Å². The van der Waals surface area contributed by atoms with Crippen molar-refractivity contribution in [2.24, 2.45) is 0 Å². The zero-order valence-corrected chi connectivity index (χ0v) is 18.8. The highest BCUT2D eigenvalue weighted by atomic mass is 19.4. The number of alkyl halides is 4. The Hall–Kier alpha value is -3.97.